The fourth-order valence-corrected chi connectivity index (χ4v) is 4.07. The molecule has 0 saturated carbocycles. The second kappa shape index (κ2) is 9.73. The fourth-order valence-electron chi connectivity index (χ4n) is 2.23. The molecule has 0 aliphatic rings. The zero-order valence-electron chi connectivity index (χ0n) is 14.0. The molecule has 10 heteroatoms. The third-order valence-electron chi connectivity index (χ3n) is 3.55. The molecule has 1 amide bonds. The zero-order valence-corrected chi connectivity index (χ0v) is 17.1. The van der Waals surface area contributed by atoms with Gasteiger partial charge in [0.1, 0.15) is 0 Å². The zero-order chi connectivity index (χ0) is 20.0. The summed E-state index contributed by atoms with van der Waals surface area (Å²) < 4.78 is 27.0. The summed E-state index contributed by atoms with van der Waals surface area (Å²) in [4.78, 5) is 12.1. The lowest BCUT2D eigenvalue weighted by molar-refractivity contribution is -0.121. The quantitative estimate of drug-likeness (QED) is 0.646. The molecule has 0 aliphatic heterocycles. The van der Waals surface area contributed by atoms with E-state index in [0.717, 1.165) is 4.31 Å². The van der Waals surface area contributed by atoms with Crippen LogP contribution < -0.4 is 5.32 Å². The predicted molar refractivity (Wildman–Crippen MR) is 106 cm³/mol. The van der Waals surface area contributed by atoms with Gasteiger partial charge in [0.05, 0.1) is 28.1 Å². The van der Waals surface area contributed by atoms with Gasteiger partial charge in [-0.15, -0.1) is 0 Å². The van der Waals surface area contributed by atoms with E-state index in [4.69, 9.17) is 39.9 Å². The summed E-state index contributed by atoms with van der Waals surface area (Å²) in [7, 11) is -3.98. The van der Waals surface area contributed by atoms with Gasteiger partial charge >= 0.3 is 0 Å². The van der Waals surface area contributed by atoms with Crippen LogP contribution >= 0.6 is 34.8 Å². The molecule has 2 aromatic carbocycles. The minimum atomic E-state index is -3.98. The molecule has 0 atom stereocenters. The predicted octanol–water partition coefficient (Wildman–Crippen LogP) is 2.95. The Kier molecular flexibility index (Phi) is 7.91. The largest absolute Gasteiger partial charge is 0.395 e. The van der Waals surface area contributed by atoms with E-state index in [1.165, 1.54) is 24.3 Å². The molecule has 0 aliphatic carbocycles. The van der Waals surface area contributed by atoms with Gasteiger partial charge in [0.2, 0.25) is 15.9 Å². The number of halogens is 3. The van der Waals surface area contributed by atoms with Crippen LogP contribution in [0.25, 0.3) is 0 Å². The number of aliphatic hydroxyl groups is 1. The van der Waals surface area contributed by atoms with E-state index in [9.17, 15) is 13.2 Å². The van der Waals surface area contributed by atoms with Crippen LogP contribution in [0.2, 0.25) is 15.1 Å². The van der Waals surface area contributed by atoms with Gasteiger partial charge in [-0.25, -0.2) is 8.42 Å². The Bertz CT molecular complexity index is 905. The first kappa shape index (κ1) is 21.9. The van der Waals surface area contributed by atoms with E-state index < -0.39 is 22.5 Å². The van der Waals surface area contributed by atoms with E-state index in [0.29, 0.717) is 15.6 Å². The number of nitrogens with one attached hydrogen (secondary N) is 1. The number of carbonyl (C=O) groups excluding carboxylic acids is 1. The van der Waals surface area contributed by atoms with Crippen LogP contribution in [0.5, 0.6) is 0 Å². The van der Waals surface area contributed by atoms with Crippen LogP contribution in [0.15, 0.2) is 47.4 Å². The Morgan fingerprint density at radius 1 is 1.04 bits per heavy atom. The number of nitrogens with zero attached hydrogens (tertiary/aromatic N) is 1. The first-order valence-corrected chi connectivity index (χ1v) is 10.4. The summed E-state index contributed by atoms with van der Waals surface area (Å²) in [5.74, 6) is -0.540. The molecule has 27 heavy (non-hydrogen) atoms. The van der Waals surface area contributed by atoms with Gasteiger partial charge in [-0.3, -0.25) is 4.79 Å². The molecule has 0 unspecified atom stereocenters. The summed E-state index contributed by atoms with van der Waals surface area (Å²) in [6, 6.07) is 10.4. The van der Waals surface area contributed by atoms with Crippen molar-refractivity contribution < 1.29 is 18.3 Å². The van der Waals surface area contributed by atoms with Crippen molar-refractivity contribution in [2.24, 2.45) is 0 Å². The Hall–Kier alpha value is -1.35. The Morgan fingerprint density at radius 2 is 1.70 bits per heavy atom. The van der Waals surface area contributed by atoms with Gasteiger partial charge in [-0.1, -0.05) is 40.9 Å². The highest BCUT2D eigenvalue weighted by Crippen LogP contribution is 2.25. The molecule has 0 radical (unpaired) electrons. The van der Waals surface area contributed by atoms with Crippen molar-refractivity contribution in [1.29, 1.82) is 0 Å². The van der Waals surface area contributed by atoms with Gasteiger partial charge < -0.3 is 10.4 Å². The van der Waals surface area contributed by atoms with E-state index in [2.05, 4.69) is 5.32 Å². The minimum Gasteiger partial charge on any atom is -0.395 e. The molecule has 0 saturated heterocycles. The third kappa shape index (κ3) is 6.07. The maximum Gasteiger partial charge on any atom is 0.243 e. The average Bonchev–Trinajstić information content (AvgIpc) is 2.62. The van der Waals surface area contributed by atoms with E-state index in [1.807, 2.05) is 0 Å². The van der Waals surface area contributed by atoms with Crippen molar-refractivity contribution >= 4 is 50.7 Å². The second-order valence-corrected chi connectivity index (χ2v) is 8.74. The minimum absolute atomic E-state index is 0.00178. The molecule has 2 N–H and O–H groups in total. The van der Waals surface area contributed by atoms with Crippen LogP contribution in [0, 0.1) is 0 Å². The first-order chi connectivity index (χ1) is 12.7. The number of amides is 1. The smallest absolute Gasteiger partial charge is 0.243 e. The van der Waals surface area contributed by atoms with Crippen molar-refractivity contribution in [3.8, 4) is 0 Å². The van der Waals surface area contributed by atoms with Crippen LogP contribution in [0.1, 0.15) is 5.56 Å². The number of carbonyl (C=O) groups is 1. The average molecular weight is 452 g/mol. The SMILES string of the molecule is O=C(CN(Cc1ccc(Cl)c(Cl)c1)S(=O)(=O)c1ccc(Cl)cc1)NCCO. The van der Waals surface area contributed by atoms with E-state index >= 15 is 0 Å². The molecular formula is C17H17Cl3N2O4S. The third-order valence-corrected chi connectivity index (χ3v) is 6.35. The molecule has 0 fully saturated rings. The van der Waals surface area contributed by atoms with Gasteiger partial charge in [-0.05, 0) is 42.0 Å². The molecule has 0 spiro atoms. The molecule has 146 valence electrons. The highest BCUT2D eigenvalue weighted by atomic mass is 35.5. The highest BCUT2D eigenvalue weighted by molar-refractivity contribution is 7.89. The maximum absolute atomic E-state index is 13.0. The Labute approximate surface area is 172 Å². The van der Waals surface area contributed by atoms with Crippen LogP contribution in [-0.4, -0.2) is 43.4 Å². The van der Waals surface area contributed by atoms with Crippen molar-refractivity contribution in [2.45, 2.75) is 11.4 Å². The summed E-state index contributed by atoms with van der Waals surface area (Å²) in [5, 5.41) is 12.3. The van der Waals surface area contributed by atoms with Gasteiger partial charge in [-0.2, -0.15) is 4.31 Å². The molecule has 0 aromatic heterocycles. The number of aliphatic hydroxyl groups excluding tert-OH is 1. The summed E-state index contributed by atoms with van der Waals surface area (Å²) in [6.45, 7) is -0.734. The number of sulfonamides is 1. The Balaban J connectivity index is 2.34. The standard InChI is InChI=1S/C17H17Cl3N2O4S/c18-13-2-4-14(5-3-13)27(25,26)22(11-17(24)21-7-8-23)10-12-1-6-15(19)16(20)9-12/h1-6,9,23H,7-8,10-11H2,(H,21,24). The van der Waals surface area contributed by atoms with E-state index in [1.54, 1.807) is 18.2 Å². The van der Waals surface area contributed by atoms with Gasteiger partial charge in [0.15, 0.2) is 0 Å². The lowest BCUT2D eigenvalue weighted by atomic mass is 10.2. The van der Waals surface area contributed by atoms with Crippen molar-refractivity contribution in [3.05, 3.63) is 63.1 Å². The first-order valence-electron chi connectivity index (χ1n) is 7.81. The molecule has 0 bridgehead atoms. The molecule has 2 rings (SSSR count). The number of hydrogen-bond donors (Lipinski definition) is 2. The fraction of sp³-hybridized carbons (Fsp3) is 0.235. The van der Waals surface area contributed by atoms with Gasteiger partial charge in [0, 0.05) is 18.1 Å². The van der Waals surface area contributed by atoms with Crippen LogP contribution in [-0.2, 0) is 21.4 Å². The molecule has 0 heterocycles. The second-order valence-electron chi connectivity index (χ2n) is 5.55. The monoisotopic (exact) mass is 450 g/mol. The molecular weight excluding hydrogens is 435 g/mol. The van der Waals surface area contributed by atoms with Crippen molar-refractivity contribution in [3.63, 3.8) is 0 Å². The lowest BCUT2D eigenvalue weighted by Gasteiger charge is -2.22. The number of hydrogen-bond acceptors (Lipinski definition) is 4. The summed E-state index contributed by atoms with van der Waals surface area (Å²) in [5.41, 5.74) is 0.567. The summed E-state index contributed by atoms with van der Waals surface area (Å²) >= 11 is 17.7. The van der Waals surface area contributed by atoms with Crippen molar-refractivity contribution in [1.82, 2.24) is 9.62 Å². The highest BCUT2D eigenvalue weighted by Gasteiger charge is 2.27. The number of rotatable bonds is 8. The molecule has 2 aromatic rings. The lowest BCUT2D eigenvalue weighted by Crippen LogP contribution is -2.41. The molecule has 6 nitrogen and oxygen atoms in total. The van der Waals surface area contributed by atoms with Crippen molar-refractivity contribution in [2.75, 3.05) is 19.7 Å². The topological polar surface area (TPSA) is 86.7 Å². The summed E-state index contributed by atoms with van der Waals surface area (Å²) in [6.07, 6.45) is 0. The van der Waals surface area contributed by atoms with Gasteiger partial charge in [0.25, 0.3) is 0 Å². The van der Waals surface area contributed by atoms with Crippen LogP contribution in [0.3, 0.4) is 0 Å². The van der Waals surface area contributed by atoms with Crippen LogP contribution in [0.4, 0.5) is 0 Å². The number of benzene rings is 2. The Morgan fingerprint density at radius 3 is 2.30 bits per heavy atom. The maximum atomic E-state index is 13.0. The van der Waals surface area contributed by atoms with E-state index in [-0.39, 0.29) is 29.6 Å². The normalized spacial score (nSPS) is 11.6.